The van der Waals surface area contributed by atoms with Crippen LogP contribution in [0.25, 0.3) is 11.0 Å². The average Bonchev–Trinajstić information content (AvgIpc) is 2.96. The maximum Gasteiger partial charge on any atom is 0.257 e. The maximum atomic E-state index is 11.9. The van der Waals surface area contributed by atoms with E-state index < -0.39 is 0 Å². The summed E-state index contributed by atoms with van der Waals surface area (Å²) in [6, 6.07) is 13.1. The van der Waals surface area contributed by atoms with Crippen LogP contribution < -0.4 is 10.1 Å². The lowest BCUT2D eigenvalue weighted by Gasteiger charge is -2.09. The van der Waals surface area contributed by atoms with Gasteiger partial charge in [0.2, 0.25) is 0 Å². The number of nitrogens with one attached hydrogen (secondary N) is 2. The summed E-state index contributed by atoms with van der Waals surface area (Å²) in [5.74, 6) is 1.35. The number of hydrogen-bond acceptors (Lipinski definition) is 3. The predicted octanol–water partition coefficient (Wildman–Crippen LogP) is 3.26. The normalized spacial score (nSPS) is 10.8. The summed E-state index contributed by atoms with van der Waals surface area (Å²) in [5, 5.41) is 3.47. The lowest BCUT2D eigenvalue weighted by molar-refractivity contribution is -0.123. The zero-order chi connectivity index (χ0) is 16.9. The van der Waals surface area contributed by atoms with Crippen molar-refractivity contribution in [2.75, 3.05) is 13.2 Å². The van der Waals surface area contributed by atoms with Crippen LogP contribution in [0.1, 0.15) is 11.4 Å². The molecular weight excluding hydrogens is 326 g/mol. The molecule has 0 radical (unpaired) electrons. The number of H-pyrrole nitrogens is 1. The maximum absolute atomic E-state index is 11.9. The Hall–Kier alpha value is -2.53. The van der Waals surface area contributed by atoms with E-state index in [1.54, 1.807) is 18.2 Å². The number of fused-ring (bicyclic) bond motifs is 1. The van der Waals surface area contributed by atoms with Crippen LogP contribution in [0.3, 0.4) is 0 Å². The van der Waals surface area contributed by atoms with Crippen molar-refractivity contribution in [3.63, 3.8) is 0 Å². The number of amides is 1. The van der Waals surface area contributed by atoms with Gasteiger partial charge in [0.15, 0.2) is 6.61 Å². The molecule has 0 spiro atoms. The molecule has 0 aliphatic carbocycles. The fourth-order valence-electron chi connectivity index (χ4n) is 2.41. The zero-order valence-electron chi connectivity index (χ0n) is 13.3. The topological polar surface area (TPSA) is 67.0 Å². The second-order valence-corrected chi connectivity index (χ2v) is 5.94. The van der Waals surface area contributed by atoms with Gasteiger partial charge < -0.3 is 15.0 Å². The van der Waals surface area contributed by atoms with E-state index in [0.29, 0.717) is 23.7 Å². The van der Waals surface area contributed by atoms with Crippen molar-refractivity contribution in [3.8, 4) is 5.75 Å². The van der Waals surface area contributed by atoms with Gasteiger partial charge in [-0.2, -0.15) is 0 Å². The van der Waals surface area contributed by atoms with Gasteiger partial charge in [0.25, 0.3) is 5.91 Å². The molecule has 3 aromatic rings. The Labute approximate surface area is 145 Å². The first-order chi connectivity index (χ1) is 11.6. The standard InChI is InChI=1S/C18H18ClN3O2/c1-12-10-13(19)6-7-16(12)24-11-18(23)20-9-8-17-21-14-4-2-3-5-15(14)22-17/h2-7,10H,8-9,11H2,1H3,(H,20,23)(H,21,22). The van der Waals surface area contributed by atoms with Crippen LogP contribution in [0.4, 0.5) is 0 Å². The SMILES string of the molecule is Cc1cc(Cl)ccc1OCC(=O)NCCc1nc2ccccc2[nH]1. The third kappa shape index (κ3) is 4.06. The molecule has 0 aliphatic heterocycles. The van der Waals surface area contributed by atoms with E-state index in [2.05, 4.69) is 15.3 Å². The highest BCUT2D eigenvalue weighted by atomic mass is 35.5. The molecule has 3 rings (SSSR count). The molecule has 0 fully saturated rings. The first kappa shape index (κ1) is 16.3. The number of rotatable bonds is 6. The minimum atomic E-state index is -0.166. The fourth-order valence-corrected chi connectivity index (χ4v) is 2.64. The smallest absolute Gasteiger partial charge is 0.257 e. The number of aromatic amines is 1. The molecule has 2 N–H and O–H groups in total. The lowest BCUT2D eigenvalue weighted by atomic mass is 10.2. The fraction of sp³-hybridized carbons (Fsp3) is 0.222. The molecule has 0 saturated carbocycles. The van der Waals surface area contributed by atoms with Gasteiger partial charge in [-0.1, -0.05) is 23.7 Å². The molecule has 0 aliphatic rings. The predicted molar refractivity (Wildman–Crippen MR) is 94.5 cm³/mol. The molecule has 5 nitrogen and oxygen atoms in total. The Kier molecular flexibility index (Phi) is 5.01. The number of para-hydroxylation sites is 2. The molecule has 24 heavy (non-hydrogen) atoms. The van der Waals surface area contributed by atoms with E-state index in [4.69, 9.17) is 16.3 Å². The number of aryl methyl sites for hydroxylation is 1. The molecule has 2 aromatic carbocycles. The highest BCUT2D eigenvalue weighted by molar-refractivity contribution is 6.30. The number of imidazole rings is 1. The second kappa shape index (κ2) is 7.36. The van der Waals surface area contributed by atoms with Crippen LogP contribution in [0.2, 0.25) is 5.02 Å². The number of hydrogen-bond donors (Lipinski definition) is 2. The number of carbonyl (C=O) groups is 1. The molecule has 0 atom stereocenters. The number of ether oxygens (including phenoxy) is 1. The van der Waals surface area contributed by atoms with Gasteiger partial charge in [-0.3, -0.25) is 4.79 Å². The van der Waals surface area contributed by atoms with E-state index in [0.717, 1.165) is 22.4 Å². The van der Waals surface area contributed by atoms with Gasteiger partial charge in [0.1, 0.15) is 11.6 Å². The Morgan fingerprint density at radius 3 is 2.92 bits per heavy atom. The first-order valence-electron chi connectivity index (χ1n) is 7.71. The summed E-state index contributed by atoms with van der Waals surface area (Å²) in [7, 11) is 0. The Bertz CT molecular complexity index is 827. The molecular formula is C18H18ClN3O2. The van der Waals surface area contributed by atoms with E-state index in [1.807, 2.05) is 31.2 Å². The Balaban J connectivity index is 1.45. The van der Waals surface area contributed by atoms with Gasteiger partial charge in [-0.15, -0.1) is 0 Å². The van der Waals surface area contributed by atoms with Crippen molar-refractivity contribution in [1.29, 1.82) is 0 Å². The molecule has 1 amide bonds. The Morgan fingerprint density at radius 2 is 2.12 bits per heavy atom. The molecule has 0 unspecified atom stereocenters. The summed E-state index contributed by atoms with van der Waals surface area (Å²) >= 11 is 5.89. The highest BCUT2D eigenvalue weighted by Gasteiger charge is 2.06. The van der Waals surface area contributed by atoms with E-state index in [-0.39, 0.29) is 12.5 Å². The monoisotopic (exact) mass is 343 g/mol. The van der Waals surface area contributed by atoms with E-state index in [9.17, 15) is 4.79 Å². The van der Waals surface area contributed by atoms with Gasteiger partial charge >= 0.3 is 0 Å². The summed E-state index contributed by atoms with van der Waals surface area (Å²) in [4.78, 5) is 19.6. The van der Waals surface area contributed by atoms with Gasteiger partial charge in [-0.25, -0.2) is 4.98 Å². The van der Waals surface area contributed by atoms with Crippen molar-refractivity contribution in [1.82, 2.24) is 15.3 Å². The molecule has 1 aromatic heterocycles. The summed E-state index contributed by atoms with van der Waals surface area (Å²) in [5.41, 5.74) is 2.83. The van der Waals surface area contributed by atoms with Crippen molar-refractivity contribution in [2.45, 2.75) is 13.3 Å². The van der Waals surface area contributed by atoms with Crippen LogP contribution in [0, 0.1) is 6.92 Å². The summed E-state index contributed by atoms with van der Waals surface area (Å²) in [6.07, 6.45) is 0.639. The van der Waals surface area contributed by atoms with Crippen LogP contribution in [0.5, 0.6) is 5.75 Å². The number of benzene rings is 2. The van der Waals surface area contributed by atoms with Crippen LogP contribution in [-0.2, 0) is 11.2 Å². The molecule has 6 heteroatoms. The Morgan fingerprint density at radius 1 is 1.29 bits per heavy atom. The summed E-state index contributed by atoms with van der Waals surface area (Å²) < 4.78 is 5.51. The van der Waals surface area contributed by atoms with Crippen molar-refractivity contribution in [3.05, 3.63) is 58.9 Å². The van der Waals surface area contributed by atoms with Gasteiger partial charge in [0.05, 0.1) is 11.0 Å². The minimum absolute atomic E-state index is 0.0252. The molecule has 124 valence electrons. The van der Waals surface area contributed by atoms with Crippen molar-refractivity contribution < 1.29 is 9.53 Å². The van der Waals surface area contributed by atoms with Crippen molar-refractivity contribution >= 4 is 28.5 Å². The van der Waals surface area contributed by atoms with Gasteiger partial charge in [0, 0.05) is 18.0 Å². The minimum Gasteiger partial charge on any atom is -0.484 e. The third-order valence-electron chi connectivity index (χ3n) is 3.62. The quantitative estimate of drug-likeness (QED) is 0.722. The third-order valence-corrected chi connectivity index (χ3v) is 3.85. The molecule has 0 bridgehead atoms. The van der Waals surface area contributed by atoms with Crippen LogP contribution >= 0.6 is 11.6 Å². The second-order valence-electron chi connectivity index (χ2n) is 5.50. The number of halogens is 1. The average molecular weight is 344 g/mol. The number of nitrogens with zero attached hydrogens (tertiary/aromatic N) is 1. The van der Waals surface area contributed by atoms with Crippen LogP contribution in [-0.4, -0.2) is 29.0 Å². The highest BCUT2D eigenvalue weighted by Crippen LogP contribution is 2.21. The van der Waals surface area contributed by atoms with Gasteiger partial charge in [-0.05, 0) is 42.8 Å². The van der Waals surface area contributed by atoms with Crippen LogP contribution in [0.15, 0.2) is 42.5 Å². The number of aromatic nitrogens is 2. The zero-order valence-corrected chi connectivity index (χ0v) is 14.1. The molecule has 0 saturated heterocycles. The summed E-state index contributed by atoms with van der Waals surface area (Å²) in [6.45, 7) is 2.37. The van der Waals surface area contributed by atoms with E-state index >= 15 is 0 Å². The lowest BCUT2D eigenvalue weighted by Crippen LogP contribution is -2.30. The van der Waals surface area contributed by atoms with E-state index in [1.165, 1.54) is 0 Å². The number of carbonyl (C=O) groups excluding carboxylic acids is 1. The first-order valence-corrected chi connectivity index (χ1v) is 8.09. The molecule has 1 heterocycles. The largest absolute Gasteiger partial charge is 0.484 e. The van der Waals surface area contributed by atoms with Crippen molar-refractivity contribution in [2.24, 2.45) is 0 Å².